The molecule has 24 heavy (non-hydrogen) atoms. The summed E-state index contributed by atoms with van der Waals surface area (Å²) in [5.41, 5.74) is 1.87. The summed E-state index contributed by atoms with van der Waals surface area (Å²) < 4.78 is 0. The zero-order valence-electron chi connectivity index (χ0n) is 14.0. The van der Waals surface area contributed by atoms with Crippen molar-refractivity contribution in [2.75, 3.05) is 5.32 Å². The third kappa shape index (κ3) is 3.04. The summed E-state index contributed by atoms with van der Waals surface area (Å²) in [6, 6.07) is 7.59. The fraction of sp³-hybridized carbons (Fsp3) is 0.524. The fourth-order valence-electron chi connectivity index (χ4n) is 5.92. The molecule has 0 unspecified atom stereocenters. The van der Waals surface area contributed by atoms with E-state index in [0.29, 0.717) is 6.42 Å². The van der Waals surface area contributed by atoms with E-state index < -0.39 is 0 Å². The molecular formula is C21H24NO2. The highest BCUT2D eigenvalue weighted by atomic mass is 16.1. The van der Waals surface area contributed by atoms with Crippen molar-refractivity contribution in [3.63, 3.8) is 0 Å². The number of anilines is 1. The third-order valence-corrected chi connectivity index (χ3v) is 6.27. The number of para-hydroxylation sites is 1. The van der Waals surface area contributed by atoms with Gasteiger partial charge < -0.3 is 5.32 Å². The summed E-state index contributed by atoms with van der Waals surface area (Å²) in [4.78, 5) is 23.1. The minimum absolute atomic E-state index is 0.118. The number of carbonyl (C=O) groups excluding carboxylic acids is 2. The number of hydrogen-bond acceptors (Lipinski definition) is 2. The van der Waals surface area contributed by atoms with Gasteiger partial charge in [-0.25, -0.2) is 0 Å². The molecule has 4 saturated carbocycles. The van der Waals surface area contributed by atoms with Crippen molar-refractivity contribution < 1.29 is 9.59 Å². The summed E-state index contributed by atoms with van der Waals surface area (Å²) in [7, 11) is 0. The first-order valence-electron chi connectivity index (χ1n) is 9.09. The Morgan fingerprint density at radius 1 is 1.12 bits per heavy atom. The van der Waals surface area contributed by atoms with Crippen LogP contribution in [0.3, 0.4) is 0 Å². The van der Waals surface area contributed by atoms with E-state index in [1.165, 1.54) is 44.6 Å². The first kappa shape index (κ1) is 15.6. The Morgan fingerprint density at radius 2 is 1.75 bits per heavy atom. The number of rotatable bonds is 5. The van der Waals surface area contributed by atoms with Crippen molar-refractivity contribution >= 4 is 24.0 Å². The van der Waals surface area contributed by atoms with Crippen LogP contribution < -0.4 is 5.32 Å². The lowest BCUT2D eigenvalue weighted by molar-refractivity contribution is -0.124. The van der Waals surface area contributed by atoms with E-state index >= 15 is 0 Å². The number of nitrogens with one attached hydrogen (secondary N) is 1. The predicted octanol–water partition coefficient (Wildman–Crippen LogP) is 4.35. The molecule has 0 aromatic heterocycles. The molecule has 0 atom stereocenters. The highest BCUT2D eigenvalue weighted by Crippen LogP contribution is 2.61. The molecule has 1 N–H and O–H groups in total. The van der Waals surface area contributed by atoms with Crippen LogP contribution in [-0.4, -0.2) is 12.2 Å². The third-order valence-electron chi connectivity index (χ3n) is 6.27. The van der Waals surface area contributed by atoms with E-state index in [4.69, 9.17) is 0 Å². The summed E-state index contributed by atoms with van der Waals surface area (Å²) >= 11 is 0. The standard InChI is InChI=1S/C21H24NO2/c23-7-3-5-18-4-1-2-6-19(18)22-20(24)14-21-11-15-8-16(12-21)10-17(9-15)13-21/h1-6,15-17H,8-14H2,(H,22,24)/b5-3+. The van der Waals surface area contributed by atoms with E-state index in [-0.39, 0.29) is 11.3 Å². The molecule has 1 aromatic rings. The number of carbonyl (C=O) groups is 1. The molecule has 3 nitrogen and oxygen atoms in total. The second-order valence-corrected chi connectivity index (χ2v) is 8.18. The van der Waals surface area contributed by atoms with Gasteiger partial charge in [-0.1, -0.05) is 18.2 Å². The van der Waals surface area contributed by atoms with Gasteiger partial charge in [-0.3, -0.25) is 9.59 Å². The maximum Gasteiger partial charge on any atom is 0.225 e. The first-order valence-corrected chi connectivity index (χ1v) is 9.09. The lowest BCUT2D eigenvalue weighted by Crippen LogP contribution is -2.47. The van der Waals surface area contributed by atoms with Crippen molar-refractivity contribution in [2.24, 2.45) is 23.2 Å². The monoisotopic (exact) mass is 322 g/mol. The van der Waals surface area contributed by atoms with Gasteiger partial charge in [-0.15, -0.1) is 0 Å². The number of allylic oxidation sites excluding steroid dienone is 1. The predicted molar refractivity (Wildman–Crippen MR) is 95.0 cm³/mol. The van der Waals surface area contributed by atoms with Gasteiger partial charge in [-0.2, -0.15) is 0 Å². The Morgan fingerprint density at radius 3 is 2.38 bits per heavy atom. The van der Waals surface area contributed by atoms with Crippen LogP contribution in [0.5, 0.6) is 0 Å². The minimum atomic E-state index is 0.118. The molecule has 4 fully saturated rings. The molecule has 0 aliphatic heterocycles. The van der Waals surface area contributed by atoms with E-state index in [0.717, 1.165) is 29.0 Å². The number of amides is 1. The lowest BCUT2D eigenvalue weighted by Gasteiger charge is -2.56. The molecule has 4 bridgehead atoms. The maximum atomic E-state index is 12.7. The van der Waals surface area contributed by atoms with Crippen LogP contribution in [0, 0.1) is 23.2 Å². The smallest absolute Gasteiger partial charge is 0.225 e. The van der Waals surface area contributed by atoms with Crippen LogP contribution in [0.2, 0.25) is 0 Å². The first-order chi connectivity index (χ1) is 11.7. The molecule has 1 radical (unpaired) electrons. The van der Waals surface area contributed by atoms with E-state index in [1.54, 1.807) is 12.4 Å². The summed E-state index contributed by atoms with van der Waals surface area (Å²) in [6.07, 6.45) is 13.4. The average molecular weight is 322 g/mol. The van der Waals surface area contributed by atoms with Gasteiger partial charge in [0.15, 0.2) is 0 Å². The molecule has 0 spiro atoms. The highest BCUT2D eigenvalue weighted by Gasteiger charge is 2.51. The Kier molecular flexibility index (Phi) is 4.03. The Balaban J connectivity index is 1.46. The number of hydrogen-bond donors (Lipinski definition) is 1. The summed E-state index contributed by atoms with van der Waals surface area (Å²) in [6.45, 7) is 0. The zero-order chi connectivity index (χ0) is 16.6. The Bertz CT molecular complexity index is 641. The SMILES string of the molecule is O=[C]/C=C/c1ccccc1NC(=O)CC12CC3CC(CC(C3)C1)C2. The molecule has 3 heteroatoms. The van der Waals surface area contributed by atoms with Crippen molar-refractivity contribution in [3.8, 4) is 0 Å². The summed E-state index contributed by atoms with van der Waals surface area (Å²) in [5.74, 6) is 2.71. The molecule has 5 rings (SSSR count). The van der Waals surface area contributed by atoms with Gasteiger partial charge >= 0.3 is 0 Å². The van der Waals surface area contributed by atoms with Gasteiger partial charge in [0, 0.05) is 12.1 Å². The molecular weight excluding hydrogens is 298 g/mol. The fourth-order valence-corrected chi connectivity index (χ4v) is 5.92. The van der Waals surface area contributed by atoms with Gasteiger partial charge in [-0.05, 0) is 85.5 Å². The second-order valence-electron chi connectivity index (χ2n) is 8.18. The van der Waals surface area contributed by atoms with Gasteiger partial charge in [0.05, 0.1) is 0 Å². The van der Waals surface area contributed by atoms with Crippen molar-refractivity contribution in [1.82, 2.24) is 0 Å². The number of benzene rings is 1. The van der Waals surface area contributed by atoms with Crippen LogP contribution >= 0.6 is 0 Å². The average Bonchev–Trinajstić information content (AvgIpc) is 2.52. The molecule has 1 aromatic carbocycles. The normalized spacial score (nSPS) is 33.8. The molecule has 4 aliphatic rings. The quantitative estimate of drug-likeness (QED) is 0.819. The maximum absolute atomic E-state index is 12.7. The zero-order valence-corrected chi connectivity index (χ0v) is 14.0. The van der Waals surface area contributed by atoms with Gasteiger partial charge in [0.2, 0.25) is 12.2 Å². The van der Waals surface area contributed by atoms with Crippen molar-refractivity contribution in [2.45, 2.75) is 44.9 Å². The Hall–Kier alpha value is -1.90. The molecule has 125 valence electrons. The van der Waals surface area contributed by atoms with Crippen molar-refractivity contribution in [1.29, 1.82) is 0 Å². The van der Waals surface area contributed by atoms with Crippen molar-refractivity contribution in [3.05, 3.63) is 35.9 Å². The molecule has 1 amide bonds. The molecule has 4 aliphatic carbocycles. The van der Waals surface area contributed by atoms with Crippen LogP contribution in [-0.2, 0) is 9.59 Å². The minimum Gasteiger partial charge on any atom is -0.326 e. The Labute approximate surface area is 143 Å². The van der Waals surface area contributed by atoms with E-state index in [1.807, 2.05) is 24.3 Å². The van der Waals surface area contributed by atoms with Gasteiger partial charge in [0.1, 0.15) is 0 Å². The van der Waals surface area contributed by atoms with E-state index in [9.17, 15) is 9.59 Å². The van der Waals surface area contributed by atoms with Gasteiger partial charge in [0.25, 0.3) is 0 Å². The van der Waals surface area contributed by atoms with Crippen LogP contribution in [0.4, 0.5) is 5.69 Å². The van der Waals surface area contributed by atoms with Crippen LogP contribution in [0.1, 0.15) is 50.5 Å². The van der Waals surface area contributed by atoms with Crippen LogP contribution in [0.15, 0.2) is 30.3 Å². The highest BCUT2D eigenvalue weighted by molar-refractivity contribution is 5.94. The largest absolute Gasteiger partial charge is 0.326 e. The summed E-state index contributed by atoms with van der Waals surface area (Å²) in [5, 5.41) is 3.07. The molecule has 0 heterocycles. The topological polar surface area (TPSA) is 46.2 Å². The van der Waals surface area contributed by atoms with E-state index in [2.05, 4.69) is 5.32 Å². The second kappa shape index (κ2) is 6.19. The lowest BCUT2D eigenvalue weighted by atomic mass is 9.49. The molecule has 0 saturated heterocycles. The van der Waals surface area contributed by atoms with Crippen LogP contribution in [0.25, 0.3) is 6.08 Å².